The Balaban J connectivity index is 1.29. The predicted octanol–water partition coefficient (Wildman–Crippen LogP) is 1.71. The third-order valence-electron chi connectivity index (χ3n) is 4.99. The van der Waals surface area contributed by atoms with Crippen LogP contribution >= 0.6 is 11.6 Å². The van der Waals surface area contributed by atoms with Crippen molar-refractivity contribution in [3.05, 3.63) is 64.2 Å². The van der Waals surface area contributed by atoms with Gasteiger partial charge in [0.25, 0.3) is 0 Å². The molecule has 0 spiro atoms. The first kappa shape index (κ1) is 19.2. The first-order chi connectivity index (χ1) is 14.0. The van der Waals surface area contributed by atoms with Gasteiger partial charge < -0.3 is 10.2 Å². The molecule has 0 aliphatic carbocycles. The summed E-state index contributed by atoms with van der Waals surface area (Å²) in [4.78, 5) is 38.9. The first-order valence-corrected chi connectivity index (χ1v) is 9.81. The highest BCUT2D eigenvalue weighted by molar-refractivity contribution is 6.30. The second-order valence-corrected chi connectivity index (χ2v) is 7.32. The van der Waals surface area contributed by atoms with E-state index in [1.807, 2.05) is 6.07 Å². The lowest BCUT2D eigenvalue weighted by molar-refractivity contribution is -0.132. The molecule has 3 heterocycles. The van der Waals surface area contributed by atoms with Crippen molar-refractivity contribution in [2.45, 2.75) is 19.4 Å². The SMILES string of the molecule is O=C(NCCCn1nc2ccccn2c1=O)C1CCN(c2ccc(Cl)cc2)C1=O. The number of aromatic nitrogens is 3. The number of nitrogens with zero attached hydrogens (tertiary/aromatic N) is 4. The molecule has 1 aliphatic heterocycles. The van der Waals surface area contributed by atoms with Gasteiger partial charge in [-0.05, 0) is 49.2 Å². The smallest absolute Gasteiger partial charge is 0.350 e. The van der Waals surface area contributed by atoms with Crippen molar-refractivity contribution in [1.82, 2.24) is 19.5 Å². The number of anilines is 1. The Morgan fingerprint density at radius 3 is 2.72 bits per heavy atom. The third kappa shape index (κ3) is 3.88. The molecule has 1 unspecified atom stereocenters. The summed E-state index contributed by atoms with van der Waals surface area (Å²) in [6.45, 7) is 1.25. The van der Waals surface area contributed by atoms with Gasteiger partial charge in [-0.25, -0.2) is 9.48 Å². The molecular formula is C20H20ClN5O3. The summed E-state index contributed by atoms with van der Waals surface area (Å²) in [5.41, 5.74) is 1.11. The van der Waals surface area contributed by atoms with Crippen LogP contribution in [-0.2, 0) is 16.1 Å². The fraction of sp³-hybridized carbons (Fsp3) is 0.300. The van der Waals surface area contributed by atoms with E-state index in [1.54, 1.807) is 47.5 Å². The number of amides is 2. The van der Waals surface area contributed by atoms with Crippen molar-refractivity contribution in [2.24, 2.45) is 5.92 Å². The Morgan fingerprint density at radius 2 is 1.97 bits per heavy atom. The molecule has 1 saturated heterocycles. The second kappa shape index (κ2) is 8.08. The molecule has 1 N–H and O–H groups in total. The van der Waals surface area contributed by atoms with E-state index in [0.717, 1.165) is 5.69 Å². The van der Waals surface area contributed by atoms with Gasteiger partial charge >= 0.3 is 5.69 Å². The van der Waals surface area contributed by atoms with Crippen LogP contribution in [0.25, 0.3) is 5.65 Å². The minimum Gasteiger partial charge on any atom is -0.355 e. The van der Waals surface area contributed by atoms with Crippen LogP contribution in [-0.4, -0.2) is 39.1 Å². The molecule has 1 aliphatic rings. The Bertz CT molecular complexity index is 1110. The summed E-state index contributed by atoms with van der Waals surface area (Å²) in [6.07, 6.45) is 2.68. The van der Waals surface area contributed by atoms with Crippen LogP contribution in [0, 0.1) is 5.92 Å². The Morgan fingerprint density at radius 1 is 1.17 bits per heavy atom. The largest absolute Gasteiger partial charge is 0.355 e. The summed E-state index contributed by atoms with van der Waals surface area (Å²) in [5, 5.41) is 7.65. The fourth-order valence-corrected chi connectivity index (χ4v) is 3.60. The summed E-state index contributed by atoms with van der Waals surface area (Å²) in [7, 11) is 0. The van der Waals surface area contributed by atoms with E-state index in [9.17, 15) is 14.4 Å². The summed E-state index contributed by atoms with van der Waals surface area (Å²) in [6, 6.07) is 12.3. The van der Waals surface area contributed by atoms with Crippen LogP contribution in [0.1, 0.15) is 12.8 Å². The van der Waals surface area contributed by atoms with E-state index >= 15 is 0 Å². The van der Waals surface area contributed by atoms with Crippen LogP contribution in [0.4, 0.5) is 5.69 Å². The molecule has 3 aromatic rings. The number of carbonyl (C=O) groups is 2. The summed E-state index contributed by atoms with van der Waals surface area (Å²) < 4.78 is 2.85. The molecule has 1 fully saturated rings. The molecule has 9 heteroatoms. The van der Waals surface area contributed by atoms with Gasteiger partial charge in [0.05, 0.1) is 0 Å². The lowest BCUT2D eigenvalue weighted by atomic mass is 10.1. The Labute approximate surface area is 171 Å². The number of nitrogens with one attached hydrogen (secondary N) is 1. The minimum absolute atomic E-state index is 0.207. The topological polar surface area (TPSA) is 88.7 Å². The van der Waals surface area contributed by atoms with E-state index in [0.29, 0.717) is 43.1 Å². The van der Waals surface area contributed by atoms with Crippen molar-refractivity contribution in [1.29, 1.82) is 0 Å². The highest BCUT2D eigenvalue weighted by atomic mass is 35.5. The monoisotopic (exact) mass is 413 g/mol. The number of fused-ring (bicyclic) bond motifs is 1. The molecule has 1 aromatic carbocycles. The van der Waals surface area contributed by atoms with E-state index in [-0.39, 0.29) is 17.5 Å². The number of halogens is 1. The average molecular weight is 414 g/mol. The normalized spacial score (nSPS) is 16.5. The molecule has 2 aromatic heterocycles. The Hall–Kier alpha value is -3.13. The molecule has 0 bridgehead atoms. The molecule has 0 radical (unpaired) electrons. The number of pyridine rings is 1. The zero-order chi connectivity index (χ0) is 20.4. The number of hydrogen-bond donors (Lipinski definition) is 1. The van der Waals surface area contributed by atoms with E-state index < -0.39 is 5.92 Å². The number of carbonyl (C=O) groups excluding carboxylic acids is 2. The van der Waals surface area contributed by atoms with Gasteiger partial charge in [-0.2, -0.15) is 0 Å². The van der Waals surface area contributed by atoms with Crippen LogP contribution < -0.4 is 15.9 Å². The number of benzene rings is 1. The zero-order valence-electron chi connectivity index (χ0n) is 15.6. The molecule has 2 amide bonds. The van der Waals surface area contributed by atoms with Gasteiger partial charge in [0, 0.05) is 36.5 Å². The van der Waals surface area contributed by atoms with Crippen molar-refractivity contribution < 1.29 is 9.59 Å². The predicted molar refractivity (Wildman–Crippen MR) is 109 cm³/mol. The highest BCUT2D eigenvalue weighted by Gasteiger charge is 2.37. The molecule has 29 heavy (non-hydrogen) atoms. The fourth-order valence-electron chi connectivity index (χ4n) is 3.48. The lowest BCUT2D eigenvalue weighted by Gasteiger charge is -2.16. The zero-order valence-corrected chi connectivity index (χ0v) is 16.4. The molecular weight excluding hydrogens is 394 g/mol. The standard InChI is InChI=1S/C20H20ClN5O3/c21-14-5-7-15(8-6-14)24-13-9-16(19(24)28)18(27)22-10-3-12-26-20(29)25-11-2-1-4-17(25)23-26/h1-2,4-8,11,16H,3,9-10,12-13H2,(H,22,27). The van der Waals surface area contributed by atoms with Crippen LogP contribution in [0.5, 0.6) is 0 Å². The van der Waals surface area contributed by atoms with Crippen molar-refractivity contribution >= 4 is 34.7 Å². The molecule has 4 rings (SSSR count). The van der Waals surface area contributed by atoms with Gasteiger partial charge in [-0.1, -0.05) is 17.7 Å². The van der Waals surface area contributed by atoms with Crippen molar-refractivity contribution in [3.63, 3.8) is 0 Å². The quantitative estimate of drug-likeness (QED) is 0.492. The maximum Gasteiger partial charge on any atom is 0.350 e. The van der Waals surface area contributed by atoms with E-state index in [4.69, 9.17) is 11.6 Å². The van der Waals surface area contributed by atoms with Gasteiger partial charge in [-0.3, -0.25) is 14.0 Å². The number of hydrogen-bond acceptors (Lipinski definition) is 4. The van der Waals surface area contributed by atoms with Crippen LogP contribution in [0.3, 0.4) is 0 Å². The van der Waals surface area contributed by atoms with Gasteiger partial charge in [0.15, 0.2) is 5.65 Å². The molecule has 150 valence electrons. The number of rotatable bonds is 6. The minimum atomic E-state index is -0.691. The van der Waals surface area contributed by atoms with Gasteiger partial charge in [0.1, 0.15) is 5.92 Å². The third-order valence-corrected chi connectivity index (χ3v) is 5.25. The maximum atomic E-state index is 12.6. The lowest BCUT2D eigenvalue weighted by Crippen LogP contribution is -2.37. The van der Waals surface area contributed by atoms with Crippen LogP contribution in [0.2, 0.25) is 5.02 Å². The van der Waals surface area contributed by atoms with Crippen molar-refractivity contribution in [3.8, 4) is 0 Å². The Kier molecular flexibility index (Phi) is 5.35. The molecule has 8 nitrogen and oxygen atoms in total. The van der Waals surface area contributed by atoms with Gasteiger partial charge in [0.2, 0.25) is 11.8 Å². The van der Waals surface area contributed by atoms with E-state index in [1.165, 1.54) is 9.08 Å². The van der Waals surface area contributed by atoms with E-state index in [2.05, 4.69) is 10.4 Å². The highest BCUT2D eigenvalue weighted by Crippen LogP contribution is 2.26. The summed E-state index contributed by atoms with van der Waals surface area (Å²) in [5.74, 6) is -1.18. The summed E-state index contributed by atoms with van der Waals surface area (Å²) >= 11 is 5.89. The average Bonchev–Trinajstić information content (AvgIpc) is 3.26. The molecule has 0 saturated carbocycles. The maximum absolute atomic E-state index is 12.6. The first-order valence-electron chi connectivity index (χ1n) is 9.43. The van der Waals surface area contributed by atoms with Gasteiger partial charge in [-0.15, -0.1) is 5.10 Å². The molecule has 1 atom stereocenters. The van der Waals surface area contributed by atoms with Crippen LogP contribution in [0.15, 0.2) is 53.5 Å². The second-order valence-electron chi connectivity index (χ2n) is 6.89. The van der Waals surface area contributed by atoms with Crippen molar-refractivity contribution in [2.75, 3.05) is 18.0 Å². The number of aryl methyl sites for hydroxylation is 1.